The Kier molecular flexibility index (Phi) is 5.28. The lowest BCUT2D eigenvalue weighted by molar-refractivity contribution is -0.138. The molecule has 1 atom stereocenters. The lowest BCUT2D eigenvalue weighted by atomic mass is 10.0. The third-order valence-corrected chi connectivity index (χ3v) is 4.00. The van der Waals surface area contributed by atoms with Crippen LogP contribution in [-0.4, -0.2) is 37.8 Å². The van der Waals surface area contributed by atoms with Gasteiger partial charge in [-0.15, -0.1) is 0 Å². The summed E-state index contributed by atoms with van der Waals surface area (Å²) in [4.78, 5) is 27.5. The molecule has 138 valence electrons. The molecule has 2 aromatic heterocycles. The second-order valence-electron chi connectivity index (χ2n) is 6.11. The van der Waals surface area contributed by atoms with Crippen LogP contribution in [0.25, 0.3) is 11.1 Å². The Morgan fingerprint density at radius 2 is 2.00 bits per heavy atom. The Hall–Kier alpha value is -3.52. The van der Waals surface area contributed by atoms with Gasteiger partial charge >= 0.3 is 5.97 Å². The average molecular weight is 365 g/mol. The molecule has 0 spiro atoms. The molecular formula is C19H19N5O3. The van der Waals surface area contributed by atoms with Gasteiger partial charge in [-0.05, 0) is 29.7 Å². The Balaban J connectivity index is 1.83. The van der Waals surface area contributed by atoms with E-state index in [4.69, 9.17) is 10.8 Å². The summed E-state index contributed by atoms with van der Waals surface area (Å²) in [7, 11) is 1.74. The fourth-order valence-electron chi connectivity index (χ4n) is 2.66. The van der Waals surface area contributed by atoms with Gasteiger partial charge in [0.2, 0.25) is 0 Å². The van der Waals surface area contributed by atoms with Gasteiger partial charge in [-0.25, -0.2) is 0 Å². The van der Waals surface area contributed by atoms with Gasteiger partial charge in [0.15, 0.2) is 5.69 Å². The molecule has 0 aliphatic heterocycles. The minimum Gasteiger partial charge on any atom is -0.480 e. The van der Waals surface area contributed by atoms with E-state index >= 15 is 0 Å². The van der Waals surface area contributed by atoms with Crippen LogP contribution in [0.15, 0.2) is 55.0 Å². The van der Waals surface area contributed by atoms with Gasteiger partial charge in [0.05, 0.1) is 11.9 Å². The molecule has 1 amide bonds. The highest BCUT2D eigenvalue weighted by atomic mass is 16.4. The number of hydrogen-bond donors (Lipinski definition) is 3. The number of pyridine rings is 1. The zero-order valence-corrected chi connectivity index (χ0v) is 14.7. The molecule has 0 unspecified atom stereocenters. The topological polar surface area (TPSA) is 123 Å². The number of hydrogen-bond acceptors (Lipinski definition) is 5. The van der Waals surface area contributed by atoms with Crippen molar-refractivity contribution < 1.29 is 14.7 Å². The van der Waals surface area contributed by atoms with Crippen LogP contribution in [0.1, 0.15) is 16.1 Å². The number of nitrogens with zero attached hydrogens (tertiary/aromatic N) is 3. The molecule has 0 saturated carbocycles. The monoisotopic (exact) mass is 365 g/mol. The van der Waals surface area contributed by atoms with E-state index < -0.39 is 12.0 Å². The first-order valence-corrected chi connectivity index (χ1v) is 8.27. The Labute approximate surface area is 155 Å². The van der Waals surface area contributed by atoms with Gasteiger partial charge in [-0.3, -0.25) is 19.3 Å². The van der Waals surface area contributed by atoms with Crippen LogP contribution < -0.4 is 11.1 Å². The highest BCUT2D eigenvalue weighted by Gasteiger charge is 2.18. The van der Waals surface area contributed by atoms with Crippen molar-refractivity contribution in [3.63, 3.8) is 0 Å². The highest BCUT2D eigenvalue weighted by molar-refractivity contribution is 6.07. The molecular weight excluding hydrogens is 346 g/mol. The summed E-state index contributed by atoms with van der Waals surface area (Å²) in [5.41, 5.74) is 8.71. The van der Waals surface area contributed by atoms with E-state index in [2.05, 4.69) is 15.4 Å². The molecule has 27 heavy (non-hydrogen) atoms. The maximum atomic E-state index is 12.6. The first-order valence-electron chi connectivity index (χ1n) is 8.27. The molecule has 0 aliphatic carbocycles. The van der Waals surface area contributed by atoms with E-state index in [9.17, 15) is 9.59 Å². The van der Waals surface area contributed by atoms with Gasteiger partial charge in [0, 0.05) is 25.0 Å². The van der Waals surface area contributed by atoms with Crippen molar-refractivity contribution in [2.45, 2.75) is 12.5 Å². The van der Waals surface area contributed by atoms with Crippen LogP contribution in [0.2, 0.25) is 0 Å². The largest absolute Gasteiger partial charge is 0.480 e. The molecule has 8 nitrogen and oxygen atoms in total. The van der Waals surface area contributed by atoms with Crippen molar-refractivity contribution in [3.05, 3.63) is 66.2 Å². The SMILES string of the molecule is Cn1cc(-c2ccc(C[C@H](N)C(=O)O)cc2)c(C(=O)Nc2cccnc2)n1. The summed E-state index contributed by atoms with van der Waals surface area (Å²) >= 11 is 0. The fourth-order valence-corrected chi connectivity index (χ4v) is 2.66. The predicted molar refractivity (Wildman–Crippen MR) is 100 cm³/mol. The highest BCUT2D eigenvalue weighted by Crippen LogP contribution is 2.24. The summed E-state index contributed by atoms with van der Waals surface area (Å²) in [5.74, 6) is -1.38. The van der Waals surface area contributed by atoms with Crippen molar-refractivity contribution >= 4 is 17.6 Å². The van der Waals surface area contributed by atoms with E-state index in [0.29, 0.717) is 11.3 Å². The van der Waals surface area contributed by atoms with Crippen LogP contribution in [0.4, 0.5) is 5.69 Å². The Bertz CT molecular complexity index is 951. The van der Waals surface area contributed by atoms with Crippen LogP contribution in [-0.2, 0) is 18.3 Å². The summed E-state index contributed by atoms with van der Waals surface area (Å²) in [6.07, 6.45) is 5.17. The zero-order chi connectivity index (χ0) is 19.4. The van der Waals surface area contributed by atoms with Crippen LogP contribution in [0.5, 0.6) is 0 Å². The maximum Gasteiger partial charge on any atom is 0.320 e. The molecule has 0 fully saturated rings. The molecule has 2 heterocycles. The smallest absolute Gasteiger partial charge is 0.320 e. The quantitative estimate of drug-likeness (QED) is 0.611. The lowest BCUT2D eigenvalue weighted by Crippen LogP contribution is -2.32. The Morgan fingerprint density at radius 1 is 1.26 bits per heavy atom. The lowest BCUT2D eigenvalue weighted by Gasteiger charge is -2.08. The number of aliphatic carboxylic acids is 1. The number of carboxylic acids is 1. The van der Waals surface area contributed by atoms with Gasteiger partial charge in [0.1, 0.15) is 6.04 Å². The van der Waals surface area contributed by atoms with E-state index in [1.54, 1.807) is 54.6 Å². The molecule has 4 N–H and O–H groups in total. The fraction of sp³-hybridized carbons (Fsp3) is 0.158. The van der Waals surface area contributed by atoms with Crippen molar-refractivity contribution in [1.29, 1.82) is 0 Å². The molecule has 0 radical (unpaired) electrons. The third kappa shape index (κ3) is 4.36. The Morgan fingerprint density at radius 3 is 2.63 bits per heavy atom. The minimum absolute atomic E-state index is 0.233. The second-order valence-corrected chi connectivity index (χ2v) is 6.11. The van der Waals surface area contributed by atoms with Gasteiger partial charge in [-0.2, -0.15) is 5.10 Å². The molecule has 0 saturated heterocycles. The van der Waals surface area contributed by atoms with E-state index in [0.717, 1.165) is 11.1 Å². The van der Waals surface area contributed by atoms with Crippen molar-refractivity contribution in [3.8, 4) is 11.1 Å². The first-order chi connectivity index (χ1) is 12.9. The number of aryl methyl sites for hydroxylation is 1. The molecule has 1 aromatic carbocycles. The second kappa shape index (κ2) is 7.79. The van der Waals surface area contributed by atoms with Gasteiger partial charge < -0.3 is 16.2 Å². The minimum atomic E-state index is -1.04. The van der Waals surface area contributed by atoms with Crippen LogP contribution in [0.3, 0.4) is 0 Å². The number of carbonyl (C=O) groups excluding carboxylic acids is 1. The van der Waals surface area contributed by atoms with E-state index in [1.807, 2.05) is 12.1 Å². The predicted octanol–water partition coefficient (Wildman–Crippen LogP) is 1.69. The maximum absolute atomic E-state index is 12.6. The standard InChI is InChI=1S/C19H19N5O3/c1-24-11-15(13-6-4-12(5-7-13)9-16(20)19(26)27)17(23-24)18(25)22-14-3-2-8-21-10-14/h2-8,10-11,16H,9,20H2,1H3,(H,22,25)(H,26,27)/t16-/m0/s1. The number of aromatic nitrogens is 3. The number of benzene rings is 1. The number of nitrogens with two attached hydrogens (primary N) is 1. The number of carbonyl (C=O) groups is 2. The summed E-state index contributed by atoms with van der Waals surface area (Å²) in [6.45, 7) is 0. The van der Waals surface area contributed by atoms with Crippen molar-refractivity contribution in [2.75, 3.05) is 5.32 Å². The zero-order valence-electron chi connectivity index (χ0n) is 14.7. The van der Waals surface area contributed by atoms with Crippen LogP contribution in [0, 0.1) is 0 Å². The summed E-state index contributed by atoms with van der Waals surface area (Å²) in [6, 6.07) is 9.77. The van der Waals surface area contributed by atoms with Gasteiger partial charge in [-0.1, -0.05) is 24.3 Å². The summed E-state index contributed by atoms with van der Waals surface area (Å²) < 4.78 is 1.57. The number of anilines is 1. The molecule has 0 bridgehead atoms. The van der Waals surface area contributed by atoms with Crippen molar-refractivity contribution in [1.82, 2.24) is 14.8 Å². The number of nitrogens with one attached hydrogen (secondary N) is 1. The number of carboxylic acid groups (broad SMARTS) is 1. The summed E-state index contributed by atoms with van der Waals surface area (Å²) in [5, 5.41) is 15.9. The first kappa shape index (κ1) is 18.3. The normalized spacial score (nSPS) is 11.8. The van der Waals surface area contributed by atoms with E-state index in [1.165, 1.54) is 0 Å². The average Bonchev–Trinajstić information content (AvgIpc) is 3.05. The van der Waals surface area contributed by atoms with E-state index in [-0.39, 0.29) is 18.0 Å². The van der Waals surface area contributed by atoms with Crippen LogP contribution >= 0.6 is 0 Å². The molecule has 3 rings (SSSR count). The number of amides is 1. The van der Waals surface area contributed by atoms with Crippen molar-refractivity contribution in [2.24, 2.45) is 12.8 Å². The molecule has 8 heteroatoms. The number of rotatable bonds is 6. The third-order valence-electron chi connectivity index (χ3n) is 4.00. The molecule has 3 aromatic rings. The molecule has 0 aliphatic rings. The van der Waals surface area contributed by atoms with Gasteiger partial charge in [0.25, 0.3) is 5.91 Å².